The minimum absolute atomic E-state index is 0.0176. The van der Waals surface area contributed by atoms with Crippen molar-refractivity contribution < 1.29 is 29.1 Å². The molecule has 14 heteroatoms. The molecule has 4 unspecified atom stereocenters. The van der Waals surface area contributed by atoms with E-state index in [9.17, 15) is 29.1 Å². The van der Waals surface area contributed by atoms with E-state index in [1.54, 1.807) is 6.20 Å². The second-order valence-electron chi connectivity index (χ2n) is 9.15. The first kappa shape index (κ1) is 28.8. The number of imidazole rings is 1. The summed E-state index contributed by atoms with van der Waals surface area (Å²) in [4.78, 5) is 71.3. The van der Waals surface area contributed by atoms with Crippen molar-refractivity contribution in [1.82, 2.24) is 30.9 Å². The highest BCUT2D eigenvalue weighted by molar-refractivity contribution is 5.94. The molecule has 0 saturated heterocycles. The Labute approximate surface area is 223 Å². The molecule has 3 aromatic rings. The van der Waals surface area contributed by atoms with Crippen LogP contribution in [0.4, 0.5) is 0 Å². The number of H-pyrrole nitrogens is 2. The van der Waals surface area contributed by atoms with Gasteiger partial charge in [0.1, 0.15) is 18.1 Å². The van der Waals surface area contributed by atoms with Crippen LogP contribution >= 0.6 is 0 Å². The Balaban J connectivity index is 1.73. The maximum Gasteiger partial charge on any atom is 0.326 e. The van der Waals surface area contributed by atoms with Crippen molar-refractivity contribution in [3.05, 3.63) is 54.2 Å². The molecule has 2 aromatic heterocycles. The van der Waals surface area contributed by atoms with Crippen LogP contribution in [0.25, 0.3) is 10.9 Å². The standard InChI is InChI=1S/C25H32N8O6/c1-13(31-23(36)17(26)9-15-11-28-12-30-15)22(35)33-20(8-14-10-29-18-5-3-2-4-16(14)18)24(37)32-19(25(38)39)6-7-21(27)34/h2-5,10-13,17,19-20,29H,6-9,26H2,1H3,(H2,27,34)(H,28,30)(H,31,36)(H,32,37)(H,33,35)(H,38,39). The third kappa shape index (κ3) is 8.13. The zero-order valence-corrected chi connectivity index (χ0v) is 21.3. The summed E-state index contributed by atoms with van der Waals surface area (Å²) in [5.41, 5.74) is 13.2. The van der Waals surface area contributed by atoms with E-state index in [1.165, 1.54) is 19.4 Å². The first-order chi connectivity index (χ1) is 18.5. The number of carbonyl (C=O) groups is 5. The molecule has 0 saturated carbocycles. The molecule has 0 fully saturated rings. The number of para-hydroxylation sites is 1. The van der Waals surface area contributed by atoms with Crippen LogP contribution in [-0.2, 0) is 36.8 Å². The maximum atomic E-state index is 13.2. The third-order valence-corrected chi connectivity index (χ3v) is 6.11. The number of carboxylic acids is 1. The molecule has 0 aliphatic carbocycles. The summed E-state index contributed by atoms with van der Waals surface area (Å²) < 4.78 is 0. The van der Waals surface area contributed by atoms with Gasteiger partial charge in [-0.15, -0.1) is 0 Å². The van der Waals surface area contributed by atoms with Gasteiger partial charge in [-0.3, -0.25) is 19.2 Å². The molecular weight excluding hydrogens is 508 g/mol. The Morgan fingerprint density at radius 1 is 0.974 bits per heavy atom. The quantitative estimate of drug-likeness (QED) is 0.124. The van der Waals surface area contributed by atoms with Crippen LogP contribution in [0.1, 0.15) is 31.0 Å². The Morgan fingerprint density at radius 2 is 1.69 bits per heavy atom. The number of nitrogens with two attached hydrogens (primary N) is 2. The van der Waals surface area contributed by atoms with Gasteiger partial charge in [-0.1, -0.05) is 18.2 Å². The summed E-state index contributed by atoms with van der Waals surface area (Å²) in [6.07, 6.45) is 4.40. The van der Waals surface area contributed by atoms with Crippen LogP contribution < -0.4 is 27.4 Å². The molecular formula is C25H32N8O6. The fraction of sp³-hybridized carbons (Fsp3) is 0.360. The second kappa shape index (κ2) is 13.2. The summed E-state index contributed by atoms with van der Waals surface area (Å²) in [7, 11) is 0. The van der Waals surface area contributed by atoms with Gasteiger partial charge >= 0.3 is 5.97 Å². The number of hydrogen-bond donors (Lipinski definition) is 8. The van der Waals surface area contributed by atoms with Crippen LogP contribution in [0.15, 0.2) is 43.0 Å². The van der Waals surface area contributed by atoms with E-state index in [2.05, 4.69) is 30.9 Å². The number of aromatic amines is 2. The SMILES string of the molecule is CC(NC(=O)C(N)Cc1cnc[nH]1)C(=O)NC(Cc1c[nH]c2ccccc12)C(=O)NC(CCC(N)=O)C(=O)O. The van der Waals surface area contributed by atoms with Crippen molar-refractivity contribution in [3.63, 3.8) is 0 Å². The first-order valence-electron chi connectivity index (χ1n) is 12.2. The van der Waals surface area contributed by atoms with Crippen LogP contribution in [0.2, 0.25) is 0 Å². The number of carboxylic acid groups (broad SMARTS) is 1. The summed E-state index contributed by atoms with van der Waals surface area (Å²) in [5, 5.41) is 17.8. The van der Waals surface area contributed by atoms with Crippen LogP contribution in [0.5, 0.6) is 0 Å². The van der Waals surface area contributed by atoms with E-state index >= 15 is 0 Å². The van der Waals surface area contributed by atoms with E-state index in [0.29, 0.717) is 11.3 Å². The Kier molecular flexibility index (Phi) is 9.75. The highest BCUT2D eigenvalue weighted by Crippen LogP contribution is 2.19. The number of aliphatic carboxylic acids is 1. The number of aromatic nitrogens is 3. The number of nitrogens with zero attached hydrogens (tertiary/aromatic N) is 1. The average molecular weight is 541 g/mol. The fourth-order valence-electron chi connectivity index (χ4n) is 3.95. The summed E-state index contributed by atoms with van der Waals surface area (Å²) in [5.74, 6) is -4.11. The van der Waals surface area contributed by atoms with Gasteiger partial charge < -0.3 is 42.5 Å². The number of primary amides is 1. The topological polar surface area (TPSA) is 238 Å². The molecule has 0 spiro atoms. The molecule has 39 heavy (non-hydrogen) atoms. The maximum absolute atomic E-state index is 13.2. The molecule has 0 aliphatic heterocycles. The fourth-order valence-corrected chi connectivity index (χ4v) is 3.95. The molecule has 4 amide bonds. The number of hydrogen-bond acceptors (Lipinski definition) is 7. The molecule has 10 N–H and O–H groups in total. The van der Waals surface area contributed by atoms with Crippen LogP contribution in [0.3, 0.4) is 0 Å². The van der Waals surface area contributed by atoms with E-state index in [4.69, 9.17) is 11.5 Å². The average Bonchev–Trinajstić information content (AvgIpc) is 3.55. The van der Waals surface area contributed by atoms with Crippen molar-refractivity contribution in [2.45, 2.75) is 56.8 Å². The number of nitrogens with one attached hydrogen (secondary N) is 5. The Hall–Kier alpha value is -4.72. The van der Waals surface area contributed by atoms with Crippen molar-refractivity contribution in [2.24, 2.45) is 11.5 Å². The van der Waals surface area contributed by atoms with E-state index < -0.39 is 53.8 Å². The van der Waals surface area contributed by atoms with Crippen molar-refractivity contribution >= 4 is 40.5 Å². The summed E-state index contributed by atoms with van der Waals surface area (Å²) in [6, 6.07) is 2.74. The largest absolute Gasteiger partial charge is 0.480 e. The van der Waals surface area contributed by atoms with Gasteiger partial charge in [-0.2, -0.15) is 0 Å². The lowest BCUT2D eigenvalue weighted by Crippen LogP contribution is -2.57. The molecule has 3 rings (SSSR count). The highest BCUT2D eigenvalue weighted by atomic mass is 16.4. The number of carbonyl (C=O) groups excluding carboxylic acids is 4. The molecule has 2 heterocycles. The number of benzene rings is 1. The molecule has 0 bridgehead atoms. The number of fused-ring (bicyclic) bond motifs is 1. The number of amides is 4. The van der Waals surface area contributed by atoms with Crippen molar-refractivity contribution in [3.8, 4) is 0 Å². The summed E-state index contributed by atoms with van der Waals surface area (Å²) in [6.45, 7) is 1.43. The molecule has 0 aliphatic rings. The monoisotopic (exact) mass is 540 g/mol. The van der Waals surface area contributed by atoms with Gasteiger partial charge in [0.05, 0.1) is 12.4 Å². The van der Waals surface area contributed by atoms with E-state index in [0.717, 1.165) is 10.9 Å². The van der Waals surface area contributed by atoms with Gasteiger partial charge in [0.2, 0.25) is 23.6 Å². The van der Waals surface area contributed by atoms with Gasteiger partial charge in [0.25, 0.3) is 0 Å². The lowest BCUT2D eigenvalue weighted by Gasteiger charge is -2.23. The summed E-state index contributed by atoms with van der Waals surface area (Å²) >= 11 is 0. The predicted octanol–water partition coefficient (Wildman–Crippen LogP) is -1.17. The third-order valence-electron chi connectivity index (χ3n) is 6.11. The normalized spacial score (nSPS) is 14.1. The van der Waals surface area contributed by atoms with Gasteiger partial charge in [-0.25, -0.2) is 9.78 Å². The molecule has 14 nitrogen and oxygen atoms in total. The number of rotatable bonds is 14. The van der Waals surface area contributed by atoms with Gasteiger partial charge in [-0.05, 0) is 25.0 Å². The molecule has 4 atom stereocenters. The smallest absolute Gasteiger partial charge is 0.326 e. The predicted molar refractivity (Wildman–Crippen MR) is 140 cm³/mol. The zero-order valence-electron chi connectivity index (χ0n) is 21.3. The van der Waals surface area contributed by atoms with Crippen LogP contribution in [0, 0.1) is 0 Å². The van der Waals surface area contributed by atoms with Gasteiger partial charge in [0, 0.05) is 48.3 Å². The Morgan fingerprint density at radius 3 is 2.36 bits per heavy atom. The zero-order chi connectivity index (χ0) is 28.5. The second-order valence-corrected chi connectivity index (χ2v) is 9.15. The first-order valence-corrected chi connectivity index (χ1v) is 12.2. The van der Waals surface area contributed by atoms with Crippen molar-refractivity contribution in [1.29, 1.82) is 0 Å². The van der Waals surface area contributed by atoms with Crippen molar-refractivity contribution in [2.75, 3.05) is 0 Å². The van der Waals surface area contributed by atoms with Gasteiger partial charge in [0.15, 0.2) is 0 Å². The molecule has 0 radical (unpaired) electrons. The van der Waals surface area contributed by atoms with E-state index in [-0.39, 0.29) is 25.7 Å². The lowest BCUT2D eigenvalue weighted by atomic mass is 10.0. The highest BCUT2D eigenvalue weighted by Gasteiger charge is 2.30. The minimum Gasteiger partial charge on any atom is -0.480 e. The lowest BCUT2D eigenvalue weighted by molar-refractivity contribution is -0.142. The molecule has 208 valence electrons. The Bertz CT molecular complexity index is 1320. The minimum atomic E-state index is -1.40. The molecule has 1 aromatic carbocycles. The van der Waals surface area contributed by atoms with Crippen LogP contribution in [-0.4, -0.2) is 73.8 Å². The van der Waals surface area contributed by atoms with E-state index in [1.807, 2.05) is 24.3 Å².